The third-order valence-corrected chi connectivity index (χ3v) is 4.74. The SMILES string of the molecule is O=C1CCCCN1CC(=O)N1CCC[C@@H](Nc2ccc(F)cc2)C1. The fraction of sp³-hybridized carbons (Fsp3) is 0.556. The number of likely N-dealkylation sites (tertiary alicyclic amines) is 2. The summed E-state index contributed by atoms with van der Waals surface area (Å²) in [6, 6.07) is 6.43. The first-order valence-corrected chi connectivity index (χ1v) is 8.69. The third-order valence-electron chi connectivity index (χ3n) is 4.74. The Labute approximate surface area is 141 Å². The third kappa shape index (κ3) is 4.24. The molecule has 2 fully saturated rings. The van der Waals surface area contributed by atoms with Crippen LogP contribution in [0.1, 0.15) is 32.1 Å². The first-order valence-electron chi connectivity index (χ1n) is 8.69. The number of hydrogen-bond donors (Lipinski definition) is 1. The predicted molar refractivity (Wildman–Crippen MR) is 90.1 cm³/mol. The molecule has 2 aliphatic heterocycles. The van der Waals surface area contributed by atoms with Crippen LogP contribution in [0.4, 0.5) is 10.1 Å². The van der Waals surface area contributed by atoms with Gasteiger partial charge in [0, 0.05) is 37.8 Å². The monoisotopic (exact) mass is 333 g/mol. The van der Waals surface area contributed by atoms with Gasteiger partial charge >= 0.3 is 0 Å². The van der Waals surface area contributed by atoms with Crippen molar-refractivity contribution < 1.29 is 14.0 Å². The summed E-state index contributed by atoms with van der Waals surface area (Å²) < 4.78 is 13.0. The van der Waals surface area contributed by atoms with E-state index in [-0.39, 0.29) is 30.2 Å². The Morgan fingerprint density at radius 2 is 1.96 bits per heavy atom. The quantitative estimate of drug-likeness (QED) is 0.919. The molecule has 130 valence electrons. The Morgan fingerprint density at radius 1 is 1.17 bits per heavy atom. The first kappa shape index (κ1) is 16.7. The number of nitrogens with one attached hydrogen (secondary N) is 1. The van der Waals surface area contributed by atoms with E-state index in [1.54, 1.807) is 17.0 Å². The van der Waals surface area contributed by atoms with Gasteiger partial charge in [-0.15, -0.1) is 0 Å². The highest BCUT2D eigenvalue weighted by molar-refractivity contribution is 5.85. The van der Waals surface area contributed by atoms with Gasteiger partial charge in [-0.25, -0.2) is 4.39 Å². The molecule has 2 aliphatic rings. The van der Waals surface area contributed by atoms with E-state index in [1.165, 1.54) is 12.1 Å². The van der Waals surface area contributed by atoms with Crippen LogP contribution in [-0.4, -0.2) is 53.8 Å². The summed E-state index contributed by atoms with van der Waals surface area (Å²) in [4.78, 5) is 27.9. The summed E-state index contributed by atoms with van der Waals surface area (Å²) in [5, 5.41) is 3.36. The number of piperidine rings is 2. The van der Waals surface area contributed by atoms with E-state index in [0.717, 1.165) is 37.9 Å². The molecule has 0 spiro atoms. The van der Waals surface area contributed by atoms with Gasteiger partial charge in [0.05, 0.1) is 6.54 Å². The summed E-state index contributed by atoms with van der Waals surface area (Å²) in [5.41, 5.74) is 0.863. The molecule has 2 saturated heterocycles. The van der Waals surface area contributed by atoms with E-state index < -0.39 is 0 Å². The van der Waals surface area contributed by atoms with Gasteiger partial charge < -0.3 is 15.1 Å². The molecule has 5 nitrogen and oxygen atoms in total. The minimum atomic E-state index is -0.257. The molecule has 0 saturated carbocycles. The van der Waals surface area contributed by atoms with Crippen molar-refractivity contribution in [1.82, 2.24) is 9.80 Å². The maximum absolute atomic E-state index is 13.0. The summed E-state index contributed by atoms with van der Waals surface area (Å²) in [6.07, 6.45) is 4.37. The average Bonchev–Trinajstić information content (AvgIpc) is 2.59. The van der Waals surface area contributed by atoms with Crippen LogP contribution in [0.2, 0.25) is 0 Å². The van der Waals surface area contributed by atoms with E-state index >= 15 is 0 Å². The highest BCUT2D eigenvalue weighted by atomic mass is 19.1. The maximum atomic E-state index is 13.0. The van der Waals surface area contributed by atoms with Gasteiger partial charge in [-0.05, 0) is 49.9 Å². The molecule has 1 aromatic rings. The van der Waals surface area contributed by atoms with Gasteiger partial charge in [0.25, 0.3) is 0 Å². The average molecular weight is 333 g/mol. The minimum Gasteiger partial charge on any atom is -0.381 e. The molecule has 0 aromatic heterocycles. The Balaban J connectivity index is 1.53. The topological polar surface area (TPSA) is 52.7 Å². The zero-order valence-corrected chi connectivity index (χ0v) is 13.8. The molecule has 1 aromatic carbocycles. The van der Waals surface area contributed by atoms with Crippen molar-refractivity contribution in [3.63, 3.8) is 0 Å². The first-order chi connectivity index (χ1) is 11.6. The van der Waals surface area contributed by atoms with E-state index in [9.17, 15) is 14.0 Å². The zero-order valence-electron chi connectivity index (χ0n) is 13.8. The molecule has 1 atom stereocenters. The molecule has 0 radical (unpaired) electrons. The van der Waals surface area contributed by atoms with Crippen molar-refractivity contribution in [2.24, 2.45) is 0 Å². The van der Waals surface area contributed by atoms with Crippen LogP contribution in [0.5, 0.6) is 0 Å². The lowest BCUT2D eigenvalue weighted by atomic mass is 10.0. The number of halogens is 1. The highest BCUT2D eigenvalue weighted by Gasteiger charge is 2.27. The largest absolute Gasteiger partial charge is 0.381 e. The zero-order chi connectivity index (χ0) is 16.9. The van der Waals surface area contributed by atoms with Gasteiger partial charge in [0.15, 0.2) is 0 Å². The van der Waals surface area contributed by atoms with Crippen LogP contribution in [0.25, 0.3) is 0 Å². The molecule has 2 amide bonds. The van der Waals surface area contributed by atoms with Crippen LogP contribution in [-0.2, 0) is 9.59 Å². The lowest BCUT2D eigenvalue weighted by Crippen LogP contribution is -2.50. The second kappa shape index (κ2) is 7.64. The van der Waals surface area contributed by atoms with E-state index in [1.807, 2.05) is 4.90 Å². The van der Waals surface area contributed by atoms with Crippen LogP contribution in [0.15, 0.2) is 24.3 Å². The van der Waals surface area contributed by atoms with Crippen molar-refractivity contribution in [2.75, 3.05) is 31.5 Å². The molecule has 3 rings (SSSR count). The lowest BCUT2D eigenvalue weighted by molar-refractivity contribution is -0.142. The molecule has 6 heteroatoms. The standard InChI is InChI=1S/C18H24FN3O2/c19-14-6-8-15(9-7-14)20-16-4-3-11-21(12-16)18(24)13-22-10-2-1-5-17(22)23/h6-9,16,20H,1-5,10-13H2/t16-/m1/s1. The van der Waals surface area contributed by atoms with Crippen molar-refractivity contribution in [3.8, 4) is 0 Å². The number of carbonyl (C=O) groups is 2. The predicted octanol–water partition coefficient (Wildman–Crippen LogP) is 2.24. The van der Waals surface area contributed by atoms with Gasteiger partial charge in [-0.3, -0.25) is 9.59 Å². The van der Waals surface area contributed by atoms with Crippen LogP contribution in [0.3, 0.4) is 0 Å². The fourth-order valence-corrected chi connectivity index (χ4v) is 3.40. The summed E-state index contributed by atoms with van der Waals surface area (Å²) in [6.45, 7) is 2.25. The van der Waals surface area contributed by atoms with Gasteiger partial charge in [-0.1, -0.05) is 0 Å². The Morgan fingerprint density at radius 3 is 2.71 bits per heavy atom. The molecular formula is C18H24FN3O2. The number of amides is 2. The number of nitrogens with zero attached hydrogens (tertiary/aromatic N) is 2. The Hall–Kier alpha value is -2.11. The van der Waals surface area contributed by atoms with Gasteiger partial charge in [0.1, 0.15) is 5.82 Å². The van der Waals surface area contributed by atoms with Crippen molar-refractivity contribution in [3.05, 3.63) is 30.1 Å². The number of carbonyl (C=O) groups excluding carboxylic acids is 2. The second-order valence-electron chi connectivity index (χ2n) is 6.60. The second-order valence-corrected chi connectivity index (χ2v) is 6.60. The van der Waals surface area contributed by atoms with Crippen LogP contribution < -0.4 is 5.32 Å². The van der Waals surface area contributed by atoms with E-state index in [4.69, 9.17) is 0 Å². The van der Waals surface area contributed by atoms with Gasteiger partial charge in [-0.2, -0.15) is 0 Å². The van der Waals surface area contributed by atoms with E-state index in [0.29, 0.717) is 19.5 Å². The van der Waals surface area contributed by atoms with Crippen LogP contribution >= 0.6 is 0 Å². The van der Waals surface area contributed by atoms with E-state index in [2.05, 4.69) is 5.32 Å². The summed E-state index contributed by atoms with van der Waals surface area (Å²) in [7, 11) is 0. The van der Waals surface area contributed by atoms with Crippen molar-refractivity contribution >= 4 is 17.5 Å². The fourth-order valence-electron chi connectivity index (χ4n) is 3.40. The number of benzene rings is 1. The summed E-state index contributed by atoms with van der Waals surface area (Å²) in [5.74, 6) is -0.143. The summed E-state index contributed by atoms with van der Waals surface area (Å²) >= 11 is 0. The normalized spacial score (nSPS) is 21.7. The number of anilines is 1. The Bertz CT molecular complexity index is 590. The van der Waals surface area contributed by atoms with Crippen molar-refractivity contribution in [1.29, 1.82) is 0 Å². The lowest BCUT2D eigenvalue weighted by Gasteiger charge is -2.35. The smallest absolute Gasteiger partial charge is 0.242 e. The molecule has 24 heavy (non-hydrogen) atoms. The minimum absolute atomic E-state index is 0.0239. The highest BCUT2D eigenvalue weighted by Crippen LogP contribution is 2.18. The molecule has 0 unspecified atom stereocenters. The number of rotatable bonds is 4. The van der Waals surface area contributed by atoms with Gasteiger partial charge in [0.2, 0.25) is 11.8 Å². The van der Waals surface area contributed by atoms with Crippen molar-refractivity contribution in [2.45, 2.75) is 38.1 Å². The molecule has 0 bridgehead atoms. The molecular weight excluding hydrogens is 309 g/mol. The molecule has 2 heterocycles. The molecule has 1 N–H and O–H groups in total. The Kier molecular flexibility index (Phi) is 5.33. The maximum Gasteiger partial charge on any atom is 0.242 e. The number of hydrogen-bond acceptors (Lipinski definition) is 3. The van der Waals surface area contributed by atoms with Crippen LogP contribution in [0, 0.1) is 5.82 Å². The molecule has 0 aliphatic carbocycles.